The predicted octanol–water partition coefficient (Wildman–Crippen LogP) is 4.21. The first-order chi connectivity index (χ1) is 12.1. The Hall–Kier alpha value is -2.73. The third-order valence-electron chi connectivity index (χ3n) is 4.12. The molecule has 2 amide bonds. The minimum atomic E-state index is -0.180. The van der Waals surface area contributed by atoms with E-state index in [-0.39, 0.29) is 17.7 Å². The molecule has 1 aromatic heterocycles. The van der Waals surface area contributed by atoms with E-state index in [4.69, 9.17) is 0 Å². The summed E-state index contributed by atoms with van der Waals surface area (Å²) >= 11 is 1.60. The van der Waals surface area contributed by atoms with Crippen molar-refractivity contribution in [2.45, 2.75) is 19.8 Å². The highest BCUT2D eigenvalue weighted by Crippen LogP contribution is 2.30. The molecule has 0 radical (unpaired) electrons. The van der Waals surface area contributed by atoms with Gasteiger partial charge in [-0.15, -0.1) is 11.3 Å². The van der Waals surface area contributed by atoms with Gasteiger partial charge in [0.25, 0.3) is 5.91 Å². The van der Waals surface area contributed by atoms with Crippen molar-refractivity contribution in [2.75, 3.05) is 10.6 Å². The minimum Gasteiger partial charge on any atom is -0.326 e. The van der Waals surface area contributed by atoms with Gasteiger partial charge < -0.3 is 10.6 Å². The summed E-state index contributed by atoms with van der Waals surface area (Å²) in [6.07, 6.45) is 1.94. The number of carbonyl (C=O) groups is 2. The summed E-state index contributed by atoms with van der Waals surface area (Å²) in [5, 5.41) is 6.77. The molecule has 4 rings (SSSR count). The first kappa shape index (κ1) is 15.8. The highest BCUT2D eigenvalue weighted by molar-refractivity contribution is 7.18. The summed E-state index contributed by atoms with van der Waals surface area (Å²) in [6.45, 7) is 1.96. The SMILES string of the molecule is Cc1nc2ccc(NC(=O)c3ccc(NC(=O)C4CC4)cc3)cc2s1. The van der Waals surface area contributed by atoms with Crippen LogP contribution in [0.25, 0.3) is 10.2 Å². The van der Waals surface area contributed by atoms with Crippen molar-refractivity contribution in [3.8, 4) is 0 Å². The van der Waals surface area contributed by atoms with Gasteiger partial charge in [0, 0.05) is 22.9 Å². The number of hydrogen-bond donors (Lipinski definition) is 2. The molecule has 1 fully saturated rings. The van der Waals surface area contributed by atoms with E-state index in [1.54, 1.807) is 35.6 Å². The quantitative estimate of drug-likeness (QED) is 0.740. The van der Waals surface area contributed by atoms with Gasteiger partial charge in [-0.05, 0) is 62.2 Å². The van der Waals surface area contributed by atoms with Crippen molar-refractivity contribution in [2.24, 2.45) is 5.92 Å². The maximum atomic E-state index is 12.4. The van der Waals surface area contributed by atoms with E-state index in [0.29, 0.717) is 5.56 Å². The maximum absolute atomic E-state index is 12.4. The summed E-state index contributed by atoms with van der Waals surface area (Å²) in [5.41, 5.74) is 2.95. The normalized spacial score (nSPS) is 13.6. The number of aryl methyl sites for hydroxylation is 1. The summed E-state index contributed by atoms with van der Waals surface area (Å²) in [6, 6.07) is 12.6. The number of fused-ring (bicyclic) bond motifs is 1. The van der Waals surface area contributed by atoms with Crippen LogP contribution in [0.4, 0.5) is 11.4 Å². The van der Waals surface area contributed by atoms with Gasteiger partial charge in [0.15, 0.2) is 0 Å². The van der Waals surface area contributed by atoms with E-state index in [1.165, 1.54) is 0 Å². The van der Waals surface area contributed by atoms with Gasteiger partial charge in [0.1, 0.15) is 0 Å². The third kappa shape index (κ3) is 3.53. The van der Waals surface area contributed by atoms with Crippen LogP contribution in [-0.2, 0) is 4.79 Å². The Labute approximate surface area is 149 Å². The van der Waals surface area contributed by atoms with E-state index < -0.39 is 0 Å². The Bertz CT molecular complexity index is 958. The van der Waals surface area contributed by atoms with Crippen molar-refractivity contribution >= 4 is 44.7 Å². The lowest BCUT2D eigenvalue weighted by atomic mass is 10.2. The van der Waals surface area contributed by atoms with Crippen LogP contribution in [0, 0.1) is 12.8 Å². The summed E-state index contributed by atoms with van der Waals surface area (Å²) in [5.74, 6) is 0.0410. The number of thiazole rings is 1. The van der Waals surface area contributed by atoms with Gasteiger partial charge in [0.2, 0.25) is 5.91 Å². The molecule has 1 heterocycles. The van der Waals surface area contributed by atoms with E-state index >= 15 is 0 Å². The molecule has 0 aliphatic heterocycles. The highest BCUT2D eigenvalue weighted by Gasteiger charge is 2.29. The molecular weight excluding hydrogens is 334 g/mol. The molecule has 1 aliphatic carbocycles. The van der Waals surface area contributed by atoms with Crippen LogP contribution in [0.3, 0.4) is 0 Å². The van der Waals surface area contributed by atoms with Gasteiger partial charge in [-0.2, -0.15) is 0 Å². The number of aromatic nitrogens is 1. The largest absolute Gasteiger partial charge is 0.326 e. The summed E-state index contributed by atoms with van der Waals surface area (Å²) in [4.78, 5) is 28.6. The molecule has 2 N–H and O–H groups in total. The zero-order chi connectivity index (χ0) is 17.4. The molecule has 6 heteroatoms. The topological polar surface area (TPSA) is 71.1 Å². The van der Waals surface area contributed by atoms with Crippen molar-refractivity contribution < 1.29 is 9.59 Å². The molecule has 1 saturated carbocycles. The highest BCUT2D eigenvalue weighted by atomic mass is 32.1. The Kier molecular flexibility index (Phi) is 3.97. The molecular formula is C19H17N3O2S. The number of hydrogen-bond acceptors (Lipinski definition) is 4. The summed E-state index contributed by atoms with van der Waals surface area (Å²) in [7, 11) is 0. The van der Waals surface area contributed by atoms with Gasteiger partial charge >= 0.3 is 0 Å². The van der Waals surface area contributed by atoms with E-state index in [0.717, 1.165) is 39.4 Å². The molecule has 0 atom stereocenters. The molecule has 0 bridgehead atoms. The number of nitrogens with one attached hydrogen (secondary N) is 2. The summed E-state index contributed by atoms with van der Waals surface area (Å²) < 4.78 is 1.05. The monoisotopic (exact) mass is 351 g/mol. The van der Waals surface area contributed by atoms with Crippen molar-refractivity contribution in [3.05, 3.63) is 53.0 Å². The molecule has 126 valence electrons. The lowest BCUT2D eigenvalue weighted by Crippen LogP contribution is -2.14. The zero-order valence-corrected chi connectivity index (χ0v) is 14.5. The zero-order valence-electron chi connectivity index (χ0n) is 13.7. The molecule has 5 nitrogen and oxygen atoms in total. The van der Waals surface area contributed by atoms with Crippen molar-refractivity contribution in [1.29, 1.82) is 0 Å². The number of rotatable bonds is 4. The van der Waals surface area contributed by atoms with Crippen molar-refractivity contribution in [1.82, 2.24) is 4.98 Å². The first-order valence-corrected chi connectivity index (χ1v) is 8.99. The average Bonchev–Trinajstić information content (AvgIpc) is 3.37. The molecule has 0 saturated heterocycles. The lowest BCUT2D eigenvalue weighted by molar-refractivity contribution is -0.117. The predicted molar refractivity (Wildman–Crippen MR) is 100 cm³/mol. The maximum Gasteiger partial charge on any atom is 0.255 e. The average molecular weight is 351 g/mol. The van der Waals surface area contributed by atoms with E-state index in [9.17, 15) is 9.59 Å². The van der Waals surface area contributed by atoms with Gasteiger partial charge in [0.05, 0.1) is 15.2 Å². The Balaban J connectivity index is 1.44. The molecule has 0 unspecified atom stereocenters. The fourth-order valence-electron chi connectivity index (χ4n) is 2.62. The van der Waals surface area contributed by atoms with Crippen LogP contribution >= 0.6 is 11.3 Å². The lowest BCUT2D eigenvalue weighted by Gasteiger charge is -2.07. The second-order valence-corrected chi connectivity index (χ2v) is 7.45. The van der Waals surface area contributed by atoms with Crippen molar-refractivity contribution in [3.63, 3.8) is 0 Å². The van der Waals surface area contributed by atoms with Crippen LogP contribution in [-0.4, -0.2) is 16.8 Å². The number of anilines is 2. The molecule has 2 aromatic carbocycles. The van der Waals surface area contributed by atoms with Gasteiger partial charge in [-0.1, -0.05) is 0 Å². The second kappa shape index (κ2) is 6.29. The standard InChI is InChI=1S/C19H17N3O2S/c1-11-20-16-9-8-15(10-17(16)25-11)22-19(24)13-4-6-14(7-5-13)21-18(23)12-2-3-12/h4-10,12H,2-3H2,1H3,(H,21,23)(H,22,24). The van der Waals surface area contributed by atoms with Crippen LogP contribution < -0.4 is 10.6 Å². The molecule has 1 aliphatic rings. The third-order valence-corrected chi connectivity index (χ3v) is 5.05. The number of carbonyl (C=O) groups excluding carboxylic acids is 2. The Morgan fingerprint density at radius 2 is 1.76 bits per heavy atom. The smallest absolute Gasteiger partial charge is 0.255 e. The minimum absolute atomic E-state index is 0.0605. The second-order valence-electron chi connectivity index (χ2n) is 6.21. The van der Waals surface area contributed by atoms with Gasteiger partial charge in [-0.3, -0.25) is 9.59 Å². The van der Waals surface area contributed by atoms with Crippen LogP contribution in [0.1, 0.15) is 28.2 Å². The van der Waals surface area contributed by atoms with Crippen LogP contribution in [0.5, 0.6) is 0 Å². The van der Waals surface area contributed by atoms with E-state index in [1.807, 2.05) is 25.1 Å². The fourth-order valence-corrected chi connectivity index (χ4v) is 3.48. The van der Waals surface area contributed by atoms with E-state index in [2.05, 4.69) is 15.6 Å². The Morgan fingerprint density at radius 1 is 1.04 bits per heavy atom. The fraction of sp³-hybridized carbons (Fsp3) is 0.211. The number of amides is 2. The number of benzene rings is 2. The molecule has 3 aromatic rings. The van der Waals surface area contributed by atoms with Gasteiger partial charge in [-0.25, -0.2) is 4.98 Å². The number of nitrogens with zero attached hydrogens (tertiary/aromatic N) is 1. The van der Waals surface area contributed by atoms with Crippen LogP contribution in [0.2, 0.25) is 0 Å². The molecule has 0 spiro atoms. The molecule has 25 heavy (non-hydrogen) atoms. The Morgan fingerprint density at radius 3 is 2.48 bits per heavy atom. The van der Waals surface area contributed by atoms with Crippen LogP contribution in [0.15, 0.2) is 42.5 Å². The first-order valence-electron chi connectivity index (χ1n) is 8.18.